The van der Waals surface area contributed by atoms with Gasteiger partial charge in [-0.1, -0.05) is 29.4 Å². The van der Waals surface area contributed by atoms with Crippen LogP contribution in [0, 0.1) is 5.92 Å². The van der Waals surface area contributed by atoms with Gasteiger partial charge in [-0.15, -0.1) is 0 Å². The van der Waals surface area contributed by atoms with E-state index in [0.717, 1.165) is 38.0 Å². The van der Waals surface area contributed by atoms with Crippen LogP contribution in [-0.2, 0) is 6.54 Å². The van der Waals surface area contributed by atoms with Crippen LogP contribution in [0.2, 0.25) is 0 Å². The molecule has 0 aliphatic carbocycles. The van der Waals surface area contributed by atoms with Crippen LogP contribution < -0.4 is 5.73 Å². The number of aliphatic hydroxyl groups is 1. The van der Waals surface area contributed by atoms with Gasteiger partial charge in [0.1, 0.15) is 0 Å². The van der Waals surface area contributed by atoms with Gasteiger partial charge in [0.05, 0.1) is 6.10 Å². The van der Waals surface area contributed by atoms with E-state index in [0.29, 0.717) is 5.92 Å². The molecule has 1 aliphatic heterocycles. The molecule has 0 bridgehead atoms. The minimum atomic E-state index is -0.197. The van der Waals surface area contributed by atoms with Crippen molar-refractivity contribution in [3.05, 3.63) is 35.4 Å². The summed E-state index contributed by atoms with van der Waals surface area (Å²) in [5.41, 5.74) is 7.48. The van der Waals surface area contributed by atoms with Gasteiger partial charge in [0.25, 0.3) is 0 Å². The third kappa shape index (κ3) is 3.71. The molecule has 1 aromatic rings. The number of likely N-dealkylation sites (tertiary alicyclic amines) is 1. The predicted octanol–water partition coefficient (Wildman–Crippen LogP) is 1.37. The molecule has 0 saturated carbocycles. The average molecular weight is 277 g/mol. The van der Waals surface area contributed by atoms with Crippen molar-refractivity contribution in [2.24, 2.45) is 16.8 Å². The first-order chi connectivity index (χ1) is 9.60. The fourth-order valence-corrected chi connectivity index (χ4v) is 2.69. The van der Waals surface area contributed by atoms with Crippen molar-refractivity contribution in [2.45, 2.75) is 32.4 Å². The first kappa shape index (κ1) is 14.8. The highest BCUT2D eigenvalue weighted by molar-refractivity contribution is 5.96. The Morgan fingerprint density at radius 3 is 2.45 bits per heavy atom. The lowest BCUT2D eigenvalue weighted by Crippen LogP contribution is -2.36. The molecule has 5 heteroatoms. The number of rotatable bonds is 4. The number of nitrogens with two attached hydrogens (primary N) is 1. The molecule has 1 unspecified atom stereocenters. The van der Waals surface area contributed by atoms with Gasteiger partial charge in [-0.05, 0) is 44.3 Å². The quantitative estimate of drug-likeness (QED) is 0.336. The van der Waals surface area contributed by atoms with Gasteiger partial charge < -0.3 is 16.0 Å². The van der Waals surface area contributed by atoms with E-state index >= 15 is 0 Å². The van der Waals surface area contributed by atoms with Gasteiger partial charge in [0, 0.05) is 12.1 Å². The molecule has 1 aromatic carbocycles. The Hall–Kier alpha value is -1.59. The van der Waals surface area contributed by atoms with Gasteiger partial charge in [0.15, 0.2) is 5.84 Å². The Kier molecular flexibility index (Phi) is 4.98. The summed E-state index contributed by atoms with van der Waals surface area (Å²) in [6.07, 6.45) is 1.91. The molecule has 1 saturated heterocycles. The third-order valence-electron chi connectivity index (χ3n) is 4.08. The number of aliphatic hydroxyl groups excluding tert-OH is 1. The van der Waals surface area contributed by atoms with Crippen LogP contribution in [0.1, 0.15) is 30.9 Å². The van der Waals surface area contributed by atoms with E-state index in [-0.39, 0.29) is 11.9 Å². The van der Waals surface area contributed by atoms with Crippen LogP contribution in [0.15, 0.2) is 29.4 Å². The van der Waals surface area contributed by atoms with Crippen molar-refractivity contribution in [1.82, 2.24) is 4.90 Å². The molecule has 0 spiro atoms. The summed E-state index contributed by atoms with van der Waals surface area (Å²) in [5.74, 6) is 0.573. The lowest BCUT2D eigenvalue weighted by molar-refractivity contribution is 0.0695. The molecule has 110 valence electrons. The maximum absolute atomic E-state index is 9.60. The highest BCUT2D eigenvalue weighted by Crippen LogP contribution is 2.21. The van der Waals surface area contributed by atoms with Gasteiger partial charge in [-0.25, -0.2) is 0 Å². The number of amidine groups is 1. The van der Waals surface area contributed by atoms with E-state index in [1.165, 1.54) is 5.56 Å². The molecular formula is C15H23N3O2. The van der Waals surface area contributed by atoms with Gasteiger partial charge in [-0.3, -0.25) is 4.90 Å². The number of piperidine rings is 1. The topological polar surface area (TPSA) is 82.1 Å². The molecule has 0 radical (unpaired) electrons. The average Bonchev–Trinajstić information content (AvgIpc) is 2.48. The van der Waals surface area contributed by atoms with Crippen molar-refractivity contribution in [3.63, 3.8) is 0 Å². The number of benzene rings is 1. The number of nitrogens with zero attached hydrogens (tertiary/aromatic N) is 2. The van der Waals surface area contributed by atoms with Crippen molar-refractivity contribution in [1.29, 1.82) is 0 Å². The lowest BCUT2D eigenvalue weighted by Gasteiger charge is -2.33. The molecule has 1 fully saturated rings. The Labute approximate surface area is 119 Å². The van der Waals surface area contributed by atoms with E-state index in [1.807, 2.05) is 31.2 Å². The molecule has 1 heterocycles. The Balaban J connectivity index is 1.88. The Bertz CT molecular complexity index is 449. The summed E-state index contributed by atoms with van der Waals surface area (Å²) in [5, 5.41) is 21.2. The summed E-state index contributed by atoms with van der Waals surface area (Å²) < 4.78 is 0. The Morgan fingerprint density at radius 2 is 1.95 bits per heavy atom. The van der Waals surface area contributed by atoms with Crippen molar-refractivity contribution in [2.75, 3.05) is 13.1 Å². The van der Waals surface area contributed by atoms with Crippen LogP contribution in [0.25, 0.3) is 0 Å². The maximum Gasteiger partial charge on any atom is 0.170 e. The van der Waals surface area contributed by atoms with Crippen LogP contribution in [0.4, 0.5) is 0 Å². The van der Waals surface area contributed by atoms with E-state index in [9.17, 15) is 5.11 Å². The molecule has 20 heavy (non-hydrogen) atoms. The zero-order valence-corrected chi connectivity index (χ0v) is 11.9. The van der Waals surface area contributed by atoms with Gasteiger partial charge >= 0.3 is 0 Å². The fraction of sp³-hybridized carbons (Fsp3) is 0.533. The van der Waals surface area contributed by atoms with Crippen LogP contribution in [-0.4, -0.2) is 40.2 Å². The van der Waals surface area contributed by atoms with Gasteiger partial charge in [-0.2, -0.15) is 0 Å². The Morgan fingerprint density at radius 1 is 1.35 bits per heavy atom. The van der Waals surface area contributed by atoms with Crippen molar-refractivity contribution >= 4 is 5.84 Å². The first-order valence-corrected chi connectivity index (χ1v) is 7.07. The summed E-state index contributed by atoms with van der Waals surface area (Å²) in [4.78, 5) is 2.40. The lowest BCUT2D eigenvalue weighted by atomic mass is 9.92. The van der Waals surface area contributed by atoms with Crippen molar-refractivity contribution < 1.29 is 10.3 Å². The number of hydrogen-bond donors (Lipinski definition) is 3. The highest BCUT2D eigenvalue weighted by Gasteiger charge is 2.22. The van der Waals surface area contributed by atoms with E-state index in [4.69, 9.17) is 10.9 Å². The fourth-order valence-electron chi connectivity index (χ4n) is 2.69. The zero-order valence-electron chi connectivity index (χ0n) is 11.9. The normalized spacial score (nSPS) is 20.0. The molecule has 1 aliphatic rings. The van der Waals surface area contributed by atoms with Crippen LogP contribution in [0.5, 0.6) is 0 Å². The van der Waals surface area contributed by atoms with E-state index in [1.54, 1.807) is 0 Å². The smallest absolute Gasteiger partial charge is 0.170 e. The molecule has 0 amide bonds. The van der Waals surface area contributed by atoms with Crippen LogP contribution >= 0.6 is 0 Å². The predicted molar refractivity (Wildman–Crippen MR) is 78.6 cm³/mol. The minimum absolute atomic E-state index is 0.134. The summed E-state index contributed by atoms with van der Waals surface area (Å²) >= 11 is 0. The second-order valence-electron chi connectivity index (χ2n) is 5.54. The summed E-state index contributed by atoms with van der Waals surface area (Å²) in [6, 6.07) is 7.75. The SMILES string of the molecule is CC(O)C1CCN(Cc2ccc(/C(N)=N/O)cc2)CC1. The second-order valence-corrected chi connectivity index (χ2v) is 5.54. The third-order valence-corrected chi connectivity index (χ3v) is 4.08. The maximum atomic E-state index is 9.60. The first-order valence-electron chi connectivity index (χ1n) is 7.07. The second kappa shape index (κ2) is 6.72. The molecule has 4 N–H and O–H groups in total. The largest absolute Gasteiger partial charge is 0.409 e. The molecule has 5 nitrogen and oxygen atoms in total. The van der Waals surface area contributed by atoms with Crippen molar-refractivity contribution in [3.8, 4) is 0 Å². The highest BCUT2D eigenvalue weighted by atomic mass is 16.4. The molecule has 1 atom stereocenters. The minimum Gasteiger partial charge on any atom is -0.409 e. The monoisotopic (exact) mass is 277 g/mol. The number of oxime groups is 1. The van der Waals surface area contributed by atoms with Crippen LogP contribution in [0.3, 0.4) is 0 Å². The molecule has 2 rings (SSSR count). The van der Waals surface area contributed by atoms with E-state index in [2.05, 4.69) is 10.1 Å². The summed E-state index contributed by atoms with van der Waals surface area (Å²) in [6.45, 7) is 4.84. The standard InChI is InChI=1S/C15H23N3O2/c1-11(19)13-6-8-18(9-7-13)10-12-2-4-14(5-3-12)15(16)17-20/h2-5,11,13,19-20H,6-10H2,1H3,(H2,16,17). The van der Waals surface area contributed by atoms with Gasteiger partial charge in [0.2, 0.25) is 0 Å². The number of hydrogen-bond acceptors (Lipinski definition) is 4. The summed E-state index contributed by atoms with van der Waals surface area (Å²) in [7, 11) is 0. The molecular weight excluding hydrogens is 254 g/mol. The zero-order chi connectivity index (χ0) is 14.5. The van der Waals surface area contributed by atoms with E-state index < -0.39 is 0 Å². The molecule has 0 aromatic heterocycles.